The van der Waals surface area contributed by atoms with Gasteiger partial charge in [-0.15, -0.1) is 12.4 Å². The van der Waals surface area contributed by atoms with Crippen molar-refractivity contribution in [3.05, 3.63) is 64.2 Å². The summed E-state index contributed by atoms with van der Waals surface area (Å²) in [5.41, 5.74) is 0.534. The van der Waals surface area contributed by atoms with E-state index in [1.807, 2.05) is 0 Å². The Kier molecular flexibility index (Phi) is 7.40. The van der Waals surface area contributed by atoms with Gasteiger partial charge in [0.25, 0.3) is 5.91 Å². The van der Waals surface area contributed by atoms with Gasteiger partial charge < -0.3 is 9.64 Å². The van der Waals surface area contributed by atoms with Gasteiger partial charge in [-0.25, -0.2) is 9.97 Å². The predicted molar refractivity (Wildman–Crippen MR) is 118 cm³/mol. The Labute approximate surface area is 193 Å². The van der Waals surface area contributed by atoms with Gasteiger partial charge in [0.1, 0.15) is 17.3 Å². The Morgan fingerprint density at radius 1 is 1.12 bits per heavy atom. The Bertz CT molecular complexity index is 1050. The van der Waals surface area contributed by atoms with Gasteiger partial charge in [0.15, 0.2) is 0 Å². The third-order valence-corrected chi connectivity index (χ3v) is 6.02. The largest absolute Gasteiger partial charge is 0.497 e. The smallest absolute Gasteiger partial charge is 0.433 e. The lowest BCUT2D eigenvalue weighted by Gasteiger charge is -2.31. The van der Waals surface area contributed by atoms with Gasteiger partial charge in [-0.2, -0.15) is 24.5 Å². The van der Waals surface area contributed by atoms with Crippen LogP contribution in [0.3, 0.4) is 0 Å². The van der Waals surface area contributed by atoms with Crippen molar-refractivity contribution in [2.24, 2.45) is 0 Å². The predicted octanol–water partition coefficient (Wildman–Crippen LogP) is 5.67. The molecule has 0 saturated carbocycles. The first-order valence-electron chi connectivity index (χ1n) is 9.77. The fourth-order valence-electron chi connectivity index (χ4n) is 3.61. The lowest BCUT2D eigenvalue weighted by Crippen LogP contribution is -2.38. The van der Waals surface area contributed by atoms with Crippen molar-refractivity contribution in [1.82, 2.24) is 14.9 Å². The number of hydrogen-bond acceptors (Lipinski definition) is 5. The van der Waals surface area contributed by atoms with Crippen molar-refractivity contribution >= 4 is 29.7 Å². The highest BCUT2D eigenvalue weighted by atomic mass is 35.5. The number of carbonyl (C=O) groups is 1. The molecular formula is C22H21ClF3N3O2S. The number of benzene rings is 1. The standard InChI is InChI=1S/C22H20F3N3O2S.ClH/c1-30-17-4-2-15(3-5-17)21(29)28-9-6-14(7-10-28)20-26-18(16-8-11-31-13-16)12-19(27-20)22(23,24)25;/h2-5,8,11-14H,6-7,9-10H2,1H3;1H. The fraction of sp³-hybridized carbons (Fsp3) is 0.318. The van der Waals surface area contributed by atoms with Crippen LogP contribution in [-0.2, 0) is 6.18 Å². The molecule has 5 nitrogen and oxygen atoms in total. The minimum atomic E-state index is -4.55. The summed E-state index contributed by atoms with van der Waals surface area (Å²) in [6.45, 7) is 0.867. The molecule has 0 radical (unpaired) electrons. The van der Waals surface area contributed by atoms with Crippen LogP contribution in [0.25, 0.3) is 11.3 Å². The molecule has 0 unspecified atom stereocenters. The number of halogens is 4. The van der Waals surface area contributed by atoms with E-state index >= 15 is 0 Å². The van der Waals surface area contributed by atoms with Gasteiger partial charge >= 0.3 is 6.18 Å². The summed E-state index contributed by atoms with van der Waals surface area (Å²) >= 11 is 1.40. The van der Waals surface area contributed by atoms with Crippen LogP contribution in [0.15, 0.2) is 47.2 Å². The maximum atomic E-state index is 13.4. The van der Waals surface area contributed by atoms with E-state index in [0.717, 1.165) is 6.07 Å². The summed E-state index contributed by atoms with van der Waals surface area (Å²) < 4.78 is 45.4. The number of nitrogens with zero attached hydrogens (tertiary/aromatic N) is 3. The molecule has 1 aliphatic heterocycles. The topological polar surface area (TPSA) is 55.3 Å². The summed E-state index contributed by atoms with van der Waals surface area (Å²) in [6.07, 6.45) is -3.54. The monoisotopic (exact) mass is 483 g/mol. The zero-order valence-corrected chi connectivity index (χ0v) is 18.8. The average molecular weight is 484 g/mol. The Morgan fingerprint density at radius 3 is 2.38 bits per heavy atom. The van der Waals surface area contributed by atoms with Gasteiger partial charge in [0, 0.05) is 35.5 Å². The number of amides is 1. The summed E-state index contributed by atoms with van der Waals surface area (Å²) in [4.78, 5) is 22.7. The average Bonchev–Trinajstić information content (AvgIpc) is 3.33. The SMILES string of the molecule is COc1ccc(C(=O)N2CCC(c3nc(-c4ccsc4)cc(C(F)(F)F)n3)CC2)cc1.Cl. The molecule has 3 heterocycles. The fourth-order valence-corrected chi connectivity index (χ4v) is 4.26. The van der Waals surface area contributed by atoms with Crippen LogP contribution >= 0.6 is 23.7 Å². The molecule has 3 aromatic rings. The zero-order chi connectivity index (χ0) is 22.0. The van der Waals surface area contributed by atoms with Crippen LogP contribution in [0.4, 0.5) is 13.2 Å². The molecule has 1 fully saturated rings. The maximum absolute atomic E-state index is 13.4. The Balaban J connectivity index is 0.00000289. The van der Waals surface area contributed by atoms with Crippen molar-refractivity contribution in [1.29, 1.82) is 0 Å². The first-order valence-corrected chi connectivity index (χ1v) is 10.7. The summed E-state index contributed by atoms with van der Waals surface area (Å²) in [7, 11) is 1.56. The summed E-state index contributed by atoms with van der Waals surface area (Å²) in [5.74, 6) is 0.510. The quantitative estimate of drug-likeness (QED) is 0.479. The molecule has 0 N–H and O–H groups in total. The number of methoxy groups -OCH3 is 1. The van der Waals surface area contributed by atoms with E-state index in [2.05, 4.69) is 9.97 Å². The van der Waals surface area contributed by atoms with Gasteiger partial charge in [-0.1, -0.05) is 0 Å². The van der Waals surface area contributed by atoms with Gasteiger partial charge in [0.2, 0.25) is 0 Å². The molecule has 1 aromatic carbocycles. The molecule has 0 atom stereocenters. The molecule has 0 aliphatic carbocycles. The van der Waals surface area contributed by atoms with E-state index in [0.29, 0.717) is 42.8 Å². The van der Waals surface area contributed by atoms with Crippen LogP contribution < -0.4 is 4.74 Å². The second kappa shape index (κ2) is 9.87. The number of alkyl halides is 3. The van der Waals surface area contributed by atoms with E-state index in [4.69, 9.17) is 4.74 Å². The van der Waals surface area contributed by atoms with E-state index in [9.17, 15) is 18.0 Å². The number of rotatable bonds is 4. The van der Waals surface area contributed by atoms with Crippen LogP contribution in [-0.4, -0.2) is 41.0 Å². The Morgan fingerprint density at radius 2 is 1.81 bits per heavy atom. The second-order valence-electron chi connectivity index (χ2n) is 7.30. The van der Waals surface area contributed by atoms with Crippen molar-refractivity contribution in [2.75, 3.05) is 20.2 Å². The number of carbonyl (C=O) groups excluding carboxylic acids is 1. The second-order valence-corrected chi connectivity index (χ2v) is 8.08. The highest BCUT2D eigenvalue weighted by Gasteiger charge is 2.35. The van der Waals surface area contributed by atoms with Gasteiger partial charge in [0.05, 0.1) is 12.8 Å². The molecule has 1 saturated heterocycles. The molecule has 170 valence electrons. The minimum Gasteiger partial charge on any atom is -0.497 e. The van der Waals surface area contributed by atoms with E-state index in [1.165, 1.54) is 11.3 Å². The molecule has 10 heteroatoms. The number of hydrogen-bond donors (Lipinski definition) is 0. The number of thiophene rings is 1. The summed E-state index contributed by atoms with van der Waals surface area (Å²) in [5, 5.41) is 3.57. The van der Waals surface area contributed by atoms with E-state index in [1.54, 1.807) is 53.1 Å². The molecule has 2 aromatic heterocycles. The molecule has 0 spiro atoms. The highest BCUT2D eigenvalue weighted by molar-refractivity contribution is 7.08. The third kappa shape index (κ3) is 5.21. The lowest BCUT2D eigenvalue weighted by atomic mass is 9.95. The lowest BCUT2D eigenvalue weighted by molar-refractivity contribution is -0.141. The van der Waals surface area contributed by atoms with Crippen molar-refractivity contribution in [2.45, 2.75) is 24.9 Å². The zero-order valence-electron chi connectivity index (χ0n) is 17.1. The van der Waals surface area contributed by atoms with E-state index < -0.39 is 11.9 Å². The van der Waals surface area contributed by atoms with Crippen molar-refractivity contribution in [3.63, 3.8) is 0 Å². The minimum absolute atomic E-state index is 0. The third-order valence-electron chi connectivity index (χ3n) is 5.34. The first kappa shape index (κ1) is 24.0. The number of ether oxygens (including phenoxy) is 1. The molecule has 0 bridgehead atoms. The summed E-state index contributed by atoms with van der Waals surface area (Å²) in [6, 6.07) is 9.60. The molecule has 1 aliphatic rings. The van der Waals surface area contributed by atoms with Crippen molar-refractivity contribution < 1.29 is 22.7 Å². The van der Waals surface area contributed by atoms with Crippen LogP contribution in [0.2, 0.25) is 0 Å². The molecule has 32 heavy (non-hydrogen) atoms. The highest BCUT2D eigenvalue weighted by Crippen LogP contribution is 2.34. The molecule has 4 rings (SSSR count). The first-order chi connectivity index (χ1) is 14.8. The molecular weight excluding hydrogens is 463 g/mol. The number of likely N-dealkylation sites (tertiary alicyclic amines) is 1. The van der Waals surface area contributed by atoms with Crippen molar-refractivity contribution in [3.8, 4) is 17.0 Å². The van der Waals surface area contributed by atoms with Crippen LogP contribution in [0.1, 0.15) is 40.6 Å². The van der Waals surface area contributed by atoms with E-state index in [-0.39, 0.29) is 35.8 Å². The molecule has 1 amide bonds. The van der Waals surface area contributed by atoms with Gasteiger partial charge in [-0.05, 0) is 54.6 Å². The Hall–Kier alpha value is -2.65. The maximum Gasteiger partial charge on any atom is 0.433 e. The van der Waals surface area contributed by atoms with Crippen LogP contribution in [0, 0.1) is 0 Å². The number of piperidine rings is 1. The normalized spacial score (nSPS) is 14.7. The number of aromatic nitrogens is 2. The van der Waals surface area contributed by atoms with Crippen LogP contribution in [0.5, 0.6) is 5.75 Å². The van der Waals surface area contributed by atoms with Gasteiger partial charge in [-0.3, -0.25) is 4.79 Å².